The Bertz CT molecular complexity index is 637. The summed E-state index contributed by atoms with van der Waals surface area (Å²) in [6.45, 7) is 0. The number of aromatic nitrogens is 1. The summed E-state index contributed by atoms with van der Waals surface area (Å²) < 4.78 is 37.7. The van der Waals surface area contributed by atoms with Crippen molar-refractivity contribution in [2.24, 2.45) is 0 Å². The van der Waals surface area contributed by atoms with Gasteiger partial charge in [-0.1, -0.05) is 24.1 Å². The quantitative estimate of drug-likeness (QED) is 0.741. The van der Waals surface area contributed by atoms with Crippen molar-refractivity contribution in [1.82, 2.24) is 4.98 Å². The summed E-state index contributed by atoms with van der Waals surface area (Å²) in [6, 6.07) is 10.6. The molecule has 0 unspecified atom stereocenters. The molecule has 0 saturated heterocycles. The Balaban J connectivity index is 2.37. The normalized spacial score (nSPS) is 10.7. The highest BCUT2D eigenvalue weighted by Gasteiger charge is 2.31. The molecule has 0 radical (unpaired) electrons. The Labute approximate surface area is 108 Å². The fraction of sp³-hybridized carbons (Fsp3) is 0.0714. The molecule has 0 aliphatic heterocycles. The van der Waals surface area contributed by atoms with Gasteiger partial charge in [-0.2, -0.15) is 13.2 Å². The van der Waals surface area contributed by atoms with E-state index in [4.69, 9.17) is 5.73 Å². The second kappa shape index (κ2) is 5.02. The van der Waals surface area contributed by atoms with Crippen LogP contribution in [0.2, 0.25) is 0 Å². The Hall–Kier alpha value is -2.48. The number of nitrogens with zero attached hydrogens (tertiary/aromatic N) is 1. The van der Waals surface area contributed by atoms with Crippen molar-refractivity contribution in [2.45, 2.75) is 6.18 Å². The highest BCUT2D eigenvalue weighted by atomic mass is 19.4. The van der Waals surface area contributed by atoms with E-state index in [9.17, 15) is 13.2 Å². The number of alkyl halides is 3. The van der Waals surface area contributed by atoms with Crippen molar-refractivity contribution in [3.05, 3.63) is 59.3 Å². The van der Waals surface area contributed by atoms with Crippen LogP contribution in [0.3, 0.4) is 0 Å². The molecule has 96 valence electrons. The second-order valence-corrected chi connectivity index (χ2v) is 3.78. The van der Waals surface area contributed by atoms with E-state index < -0.39 is 11.7 Å². The Morgan fingerprint density at radius 1 is 1.00 bits per heavy atom. The first-order chi connectivity index (χ1) is 8.95. The van der Waals surface area contributed by atoms with Crippen molar-refractivity contribution in [2.75, 3.05) is 5.73 Å². The van der Waals surface area contributed by atoms with Crippen LogP contribution in [-0.2, 0) is 6.18 Å². The van der Waals surface area contributed by atoms with Gasteiger partial charge < -0.3 is 5.73 Å². The van der Waals surface area contributed by atoms with Gasteiger partial charge in [0.2, 0.25) is 0 Å². The van der Waals surface area contributed by atoms with Gasteiger partial charge in [0, 0.05) is 5.56 Å². The lowest BCUT2D eigenvalue weighted by molar-refractivity contribution is -0.137. The third kappa shape index (κ3) is 3.49. The second-order valence-electron chi connectivity index (χ2n) is 3.78. The molecule has 5 heteroatoms. The van der Waals surface area contributed by atoms with Crippen molar-refractivity contribution in [3.8, 4) is 11.8 Å². The molecule has 1 aromatic carbocycles. The fourth-order valence-corrected chi connectivity index (χ4v) is 1.44. The molecule has 0 fully saturated rings. The third-order valence-corrected chi connectivity index (χ3v) is 2.28. The average Bonchev–Trinajstić information content (AvgIpc) is 2.36. The van der Waals surface area contributed by atoms with Crippen LogP contribution in [0.4, 0.5) is 19.0 Å². The molecule has 2 N–H and O–H groups in total. The first kappa shape index (κ1) is 13.0. The molecule has 0 aliphatic carbocycles. The number of rotatable bonds is 0. The van der Waals surface area contributed by atoms with Crippen LogP contribution in [0.15, 0.2) is 42.5 Å². The van der Waals surface area contributed by atoms with Crippen molar-refractivity contribution < 1.29 is 13.2 Å². The van der Waals surface area contributed by atoms with Gasteiger partial charge in [0.15, 0.2) is 0 Å². The summed E-state index contributed by atoms with van der Waals surface area (Å²) in [6.07, 6.45) is -4.46. The monoisotopic (exact) mass is 262 g/mol. The fourth-order valence-electron chi connectivity index (χ4n) is 1.44. The van der Waals surface area contributed by atoms with Crippen LogP contribution in [0.25, 0.3) is 0 Å². The number of halogens is 3. The van der Waals surface area contributed by atoms with E-state index in [1.807, 2.05) is 6.07 Å². The van der Waals surface area contributed by atoms with Gasteiger partial charge in [-0.25, -0.2) is 4.98 Å². The summed E-state index contributed by atoms with van der Waals surface area (Å²) in [4.78, 5) is 3.77. The topological polar surface area (TPSA) is 38.9 Å². The first-order valence-electron chi connectivity index (χ1n) is 5.37. The van der Waals surface area contributed by atoms with E-state index in [0.29, 0.717) is 5.56 Å². The summed E-state index contributed by atoms with van der Waals surface area (Å²) >= 11 is 0. The number of pyridine rings is 1. The minimum Gasteiger partial charge on any atom is -0.384 e. The largest absolute Gasteiger partial charge is 0.416 e. The number of nitrogens with two attached hydrogens (primary N) is 1. The molecule has 2 aromatic rings. The molecule has 19 heavy (non-hydrogen) atoms. The van der Waals surface area contributed by atoms with Gasteiger partial charge in [-0.05, 0) is 30.2 Å². The highest BCUT2D eigenvalue weighted by molar-refractivity contribution is 5.45. The van der Waals surface area contributed by atoms with Crippen LogP contribution >= 0.6 is 0 Å². The number of anilines is 1. The lowest BCUT2D eigenvalue weighted by Gasteiger charge is -2.07. The predicted molar refractivity (Wildman–Crippen MR) is 66.1 cm³/mol. The van der Waals surface area contributed by atoms with E-state index in [0.717, 1.165) is 12.1 Å². The van der Waals surface area contributed by atoms with Gasteiger partial charge >= 0.3 is 6.18 Å². The summed E-state index contributed by atoms with van der Waals surface area (Å²) in [7, 11) is 0. The standard InChI is InChI=1S/C14H9F3N2/c15-14(16,17)11-8-12(19-13(18)9-11)7-6-10-4-2-1-3-5-10/h1-5,8-9H,(H2,18,19). The van der Waals surface area contributed by atoms with Gasteiger partial charge in [0.25, 0.3) is 0 Å². The van der Waals surface area contributed by atoms with Crippen LogP contribution < -0.4 is 5.73 Å². The number of benzene rings is 1. The zero-order valence-electron chi connectivity index (χ0n) is 9.70. The Kier molecular flexibility index (Phi) is 3.43. The molecule has 0 bridgehead atoms. The van der Waals surface area contributed by atoms with Gasteiger partial charge in [0.1, 0.15) is 11.5 Å². The Morgan fingerprint density at radius 2 is 1.68 bits per heavy atom. The van der Waals surface area contributed by atoms with E-state index in [1.165, 1.54) is 0 Å². The van der Waals surface area contributed by atoms with Crippen LogP contribution in [0.1, 0.15) is 16.8 Å². The van der Waals surface area contributed by atoms with Crippen molar-refractivity contribution in [1.29, 1.82) is 0 Å². The molecule has 1 heterocycles. The lowest BCUT2D eigenvalue weighted by Crippen LogP contribution is -2.07. The molecule has 2 nitrogen and oxygen atoms in total. The van der Waals surface area contributed by atoms with E-state index in [1.54, 1.807) is 24.3 Å². The van der Waals surface area contributed by atoms with Crippen LogP contribution in [-0.4, -0.2) is 4.98 Å². The van der Waals surface area contributed by atoms with Gasteiger partial charge in [0.05, 0.1) is 5.56 Å². The zero-order valence-corrected chi connectivity index (χ0v) is 9.70. The third-order valence-electron chi connectivity index (χ3n) is 2.28. The molecule has 1 aromatic heterocycles. The summed E-state index contributed by atoms with van der Waals surface area (Å²) in [5.74, 6) is 5.10. The molecule has 0 saturated carbocycles. The summed E-state index contributed by atoms with van der Waals surface area (Å²) in [5, 5.41) is 0. The number of nitrogen functional groups attached to an aromatic ring is 1. The van der Waals surface area contributed by atoms with Crippen molar-refractivity contribution >= 4 is 5.82 Å². The molecule has 2 rings (SSSR count). The van der Waals surface area contributed by atoms with Gasteiger partial charge in [-0.15, -0.1) is 0 Å². The minimum absolute atomic E-state index is 0.00354. The van der Waals surface area contributed by atoms with Gasteiger partial charge in [-0.3, -0.25) is 0 Å². The van der Waals surface area contributed by atoms with Crippen LogP contribution in [0.5, 0.6) is 0 Å². The predicted octanol–water partition coefficient (Wildman–Crippen LogP) is 3.08. The Morgan fingerprint density at radius 3 is 2.32 bits per heavy atom. The van der Waals surface area contributed by atoms with E-state index in [-0.39, 0.29) is 11.5 Å². The van der Waals surface area contributed by atoms with Crippen LogP contribution in [0, 0.1) is 11.8 Å². The first-order valence-corrected chi connectivity index (χ1v) is 5.37. The molecular formula is C14H9F3N2. The smallest absolute Gasteiger partial charge is 0.384 e. The lowest BCUT2D eigenvalue weighted by atomic mass is 10.2. The molecule has 0 amide bonds. The maximum Gasteiger partial charge on any atom is 0.416 e. The molecule has 0 spiro atoms. The maximum absolute atomic E-state index is 12.6. The maximum atomic E-state index is 12.6. The number of hydrogen-bond acceptors (Lipinski definition) is 2. The van der Waals surface area contributed by atoms with E-state index >= 15 is 0 Å². The highest BCUT2D eigenvalue weighted by Crippen LogP contribution is 2.30. The molecular weight excluding hydrogens is 253 g/mol. The molecule has 0 aliphatic rings. The van der Waals surface area contributed by atoms with E-state index in [2.05, 4.69) is 16.8 Å². The molecule has 0 atom stereocenters. The number of hydrogen-bond donors (Lipinski definition) is 1. The van der Waals surface area contributed by atoms with Crippen molar-refractivity contribution in [3.63, 3.8) is 0 Å². The average molecular weight is 262 g/mol. The minimum atomic E-state index is -4.46. The SMILES string of the molecule is Nc1cc(C(F)(F)F)cc(C#Cc2ccccc2)n1. The zero-order chi connectivity index (χ0) is 13.9. The summed E-state index contributed by atoms with van der Waals surface area (Å²) in [5.41, 5.74) is 5.19.